The van der Waals surface area contributed by atoms with Crippen LogP contribution in [0.5, 0.6) is 0 Å². The number of benzene rings is 1. The number of nitro benzene ring substituents is 1. The van der Waals surface area contributed by atoms with Gasteiger partial charge in [0.1, 0.15) is 0 Å². The zero-order valence-electron chi connectivity index (χ0n) is 10.6. The summed E-state index contributed by atoms with van der Waals surface area (Å²) in [7, 11) is 0. The standard InChI is InChI=1S/C14H17ClN2O2/c15-14-8-13(17(18)19)7-6-12(14)10-16-9-11-4-2-1-3-5-11/h1-2,6-8,11,16H,3-5,9-10H2. The van der Waals surface area contributed by atoms with Crippen molar-refractivity contribution in [3.05, 3.63) is 51.1 Å². The zero-order valence-corrected chi connectivity index (χ0v) is 11.4. The molecule has 19 heavy (non-hydrogen) atoms. The van der Waals surface area contributed by atoms with Crippen molar-refractivity contribution in [2.75, 3.05) is 6.54 Å². The lowest BCUT2D eigenvalue weighted by molar-refractivity contribution is -0.384. The molecule has 1 aromatic carbocycles. The molecule has 0 aromatic heterocycles. The summed E-state index contributed by atoms with van der Waals surface area (Å²) >= 11 is 6.04. The number of nitrogens with zero attached hydrogens (tertiary/aromatic N) is 1. The maximum atomic E-state index is 10.6. The molecule has 1 atom stereocenters. The number of nitro groups is 1. The number of rotatable bonds is 5. The van der Waals surface area contributed by atoms with Gasteiger partial charge < -0.3 is 5.32 Å². The third kappa shape index (κ3) is 4.04. The molecule has 0 amide bonds. The molecule has 0 saturated carbocycles. The van der Waals surface area contributed by atoms with Crippen LogP contribution in [-0.4, -0.2) is 11.5 Å². The molecule has 4 nitrogen and oxygen atoms in total. The fourth-order valence-corrected chi connectivity index (χ4v) is 2.49. The number of halogens is 1. The van der Waals surface area contributed by atoms with Crippen LogP contribution in [0, 0.1) is 16.0 Å². The van der Waals surface area contributed by atoms with Crippen LogP contribution in [0.1, 0.15) is 24.8 Å². The van der Waals surface area contributed by atoms with E-state index < -0.39 is 4.92 Å². The van der Waals surface area contributed by atoms with Crippen LogP contribution in [0.2, 0.25) is 5.02 Å². The summed E-state index contributed by atoms with van der Waals surface area (Å²) in [4.78, 5) is 10.2. The predicted octanol–water partition coefficient (Wildman–Crippen LogP) is 3.69. The lowest BCUT2D eigenvalue weighted by atomic mass is 9.94. The molecule has 0 heterocycles. The van der Waals surface area contributed by atoms with Gasteiger partial charge in [0, 0.05) is 18.7 Å². The Bertz CT molecular complexity index is 488. The predicted molar refractivity (Wildman–Crippen MR) is 76.3 cm³/mol. The van der Waals surface area contributed by atoms with E-state index in [0.29, 0.717) is 17.5 Å². The molecule has 1 aliphatic rings. The Hall–Kier alpha value is -1.39. The highest BCUT2D eigenvalue weighted by atomic mass is 35.5. The average Bonchev–Trinajstić information content (AvgIpc) is 2.41. The van der Waals surface area contributed by atoms with E-state index in [1.165, 1.54) is 18.6 Å². The second-order valence-corrected chi connectivity index (χ2v) is 5.22. The SMILES string of the molecule is O=[N+]([O-])c1ccc(CNCC2CC=CCC2)c(Cl)c1. The first kappa shape index (κ1) is 14.0. The molecule has 0 bridgehead atoms. The molecule has 0 saturated heterocycles. The Morgan fingerprint density at radius 1 is 1.42 bits per heavy atom. The van der Waals surface area contributed by atoms with Gasteiger partial charge in [-0.2, -0.15) is 0 Å². The third-order valence-corrected chi connectivity index (χ3v) is 3.73. The normalized spacial score (nSPS) is 18.5. The Kier molecular flexibility index (Phi) is 4.93. The van der Waals surface area contributed by atoms with E-state index in [1.807, 2.05) is 0 Å². The highest BCUT2D eigenvalue weighted by molar-refractivity contribution is 6.31. The van der Waals surface area contributed by atoms with Gasteiger partial charge in [-0.15, -0.1) is 0 Å². The molecule has 1 unspecified atom stereocenters. The second-order valence-electron chi connectivity index (χ2n) is 4.81. The van der Waals surface area contributed by atoms with Crippen LogP contribution >= 0.6 is 11.6 Å². The third-order valence-electron chi connectivity index (χ3n) is 3.37. The largest absolute Gasteiger partial charge is 0.312 e. The lowest BCUT2D eigenvalue weighted by Gasteiger charge is -2.18. The van der Waals surface area contributed by atoms with Crippen molar-refractivity contribution in [1.29, 1.82) is 0 Å². The van der Waals surface area contributed by atoms with Crippen LogP contribution < -0.4 is 5.32 Å². The van der Waals surface area contributed by atoms with Gasteiger partial charge in [0.25, 0.3) is 5.69 Å². The lowest BCUT2D eigenvalue weighted by Crippen LogP contribution is -2.23. The van der Waals surface area contributed by atoms with Crippen molar-refractivity contribution in [3.63, 3.8) is 0 Å². The van der Waals surface area contributed by atoms with Gasteiger partial charge in [-0.1, -0.05) is 23.8 Å². The Morgan fingerprint density at radius 2 is 2.26 bits per heavy atom. The van der Waals surface area contributed by atoms with Crippen LogP contribution in [0.25, 0.3) is 0 Å². The Balaban J connectivity index is 1.85. The van der Waals surface area contributed by atoms with Crippen LogP contribution in [0.15, 0.2) is 30.4 Å². The molecule has 0 aliphatic heterocycles. The summed E-state index contributed by atoms with van der Waals surface area (Å²) < 4.78 is 0. The van der Waals surface area contributed by atoms with Gasteiger partial charge in [0.15, 0.2) is 0 Å². The van der Waals surface area contributed by atoms with E-state index in [0.717, 1.165) is 24.9 Å². The molecule has 2 rings (SSSR count). The molecule has 102 valence electrons. The van der Waals surface area contributed by atoms with Crippen LogP contribution in [-0.2, 0) is 6.54 Å². The molecule has 1 aliphatic carbocycles. The quantitative estimate of drug-likeness (QED) is 0.508. The number of non-ortho nitro benzene ring substituents is 1. The number of nitrogens with one attached hydrogen (secondary N) is 1. The van der Waals surface area contributed by atoms with Crippen molar-refractivity contribution in [2.45, 2.75) is 25.8 Å². The maximum absolute atomic E-state index is 10.6. The first-order chi connectivity index (χ1) is 9.16. The maximum Gasteiger partial charge on any atom is 0.270 e. The molecule has 0 fully saturated rings. The van der Waals surface area contributed by atoms with Crippen molar-refractivity contribution in [1.82, 2.24) is 5.32 Å². The minimum atomic E-state index is -0.433. The highest BCUT2D eigenvalue weighted by Crippen LogP contribution is 2.22. The number of hydrogen-bond donors (Lipinski definition) is 1. The van der Waals surface area contributed by atoms with Gasteiger partial charge in [0.05, 0.1) is 9.95 Å². The summed E-state index contributed by atoms with van der Waals surface area (Å²) in [5.74, 6) is 0.682. The van der Waals surface area contributed by atoms with Crippen LogP contribution in [0.3, 0.4) is 0 Å². The molecule has 1 aromatic rings. The van der Waals surface area contributed by atoms with E-state index in [9.17, 15) is 10.1 Å². The summed E-state index contributed by atoms with van der Waals surface area (Å²) in [5, 5.41) is 14.4. The van der Waals surface area contributed by atoms with E-state index >= 15 is 0 Å². The molecule has 5 heteroatoms. The Morgan fingerprint density at radius 3 is 2.89 bits per heavy atom. The molecular weight excluding hydrogens is 264 g/mol. The van der Waals surface area contributed by atoms with Crippen molar-refractivity contribution < 1.29 is 4.92 Å². The summed E-state index contributed by atoms with van der Waals surface area (Å²) in [6.45, 7) is 1.61. The molecule has 1 N–H and O–H groups in total. The average molecular weight is 281 g/mol. The minimum Gasteiger partial charge on any atom is -0.312 e. The zero-order chi connectivity index (χ0) is 13.7. The monoisotopic (exact) mass is 280 g/mol. The van der Waals surface area contributed by atoms with Crippen molar-refractivity contribution >= 4 is 17.3 Å². The smallest absolute Gasteiger partial charge is 0.270 e. The highest BCUT2D eigenvalue weighted by Gasteiger charge is 2.11. The van der Waals surface area contributed by atoms with E-state index in [-0.39, 0.29) is 5.69 Å². The number of hydrogen-bond acceptors (Lipinski definition) is 3. The van der Waals surface area contributed by atoms with Crippen molar-refractivity contribution in [2.24, 2.45) is 5.92 Å². The second kappa shape index (κ2) is 6.68. The van der Waals surface area contributed by atoms with Gasteiger partial charge in [-0.25, -0.2) is 0 Å². The van der Waals surface area contributed by atoms with E-state index in [2.05, 4.69) is 17.5 Å². The summed E-state index contributed by atoms with van der Waals surface area (Å²) in [5.41, 5.74) is 0.935. The van der Waals surface area contributed by atoms with Gasteiger partial charge in [0.2, 0.25) is 0 Å². The van der Waals surface area contributed by atoms with Gasteiger partial charge >= 0.3 is 0 Å². The Labute approximate surface area is 117 Å². The van der Waals surface area contributed by atoms with E-state index in [1.54, 1.807) is 6.07 Å². The van der Waals surface area contributed by atoms with Crippen LogP contribution in [0.4, 0.5) is 5.69 Å². The molecular formula is C14H17ClN2O2. The number of allylic oxidation sites excluding steroid dienone is 2. The van der Waals surface area contributed by atoms with Gasteiger partial charge in [-0.05, 0) is 43.4 Å². The fraction of sp³-hybridized carbons (Fsp3) is 0.429. The summed E-state index contributed by atoms with van der Waals surface area (Å²) in [6.07, 6.45) is 7.96. The fourth-order valence-electron chi connectivity index (χ4n) is 2.25. The van der Waals surface area contributed by atoms with E-state index in [4.69, 9.17) is 11.6 Å². The minimum absolute atomic E-state index is 0.0335. The summed E-state index contributed by atoms with van der Waals surface area (Å²) in [6, 6.07) is 4.61. The first-order valence-electron chi connectivity index (χ1n) is 6.45. The molecule has 0 radical (unpaired) electrons. The topological polar surface area (TPSA) is 55.2 Å². The molecule has 0 spiro atoms. The first-order valence-corrected chi connectivity index (χ1v) is 6.83. The van der Waals surface area contributed by atoms with Gasteiger partial charge in [-0.3, -0.25) is 10.1 Å². The van der Waals surface area contributed by atoms with Crippen molar-refractivity contribution in [3.8, 4) is 0 Å².